The molecular weight excluding hydrogens is 420 g/mol. The fourth-order valence-corrected chi connectivity index (χ4v) is 3.12. The summed E-state index contributed by atoms with van der Waals surface area (Å²) in [5.41, 5.74) is 1.42. The summed E-state index contributed by atoms with van der Waals surface area (Å²) in [6.07, 6.45) is 0. The molecule has 0 nitrogen and oxygen atoms in total. The van der Waals surface area contributed by atoms with Crippen molar-refractivity contribution in [1.29, 1.82) is 0 Å². The Hall–Kier alpha value is -2.02. The van der Waals surface area contributed by atoms with E-state index < -0.39 is 0 Å². The molecule has 0 N–H and O–H groups in total. The molecule has 2 heteroatoms. The molecule has 0 unspecified atom stereocenters. The van der Waals surface area contributed by atoms with Crippen LogP contribution in [0.15, 0.2) is 115 Å². The van der Waals surface area contributed by atoms with Gasteiger partial charge in [-0.2, -0.15) is 35.0 Å². The van der Waals surface area contributed by atoms with E-state index in [1.54, 1.807) is 0 Å². The van der Waals surface area contributed by atoms with Crippen LogP contribution < -0.4 is 0 Å². The zero-order valence-electron chi connectivity index (χ0n) is 15.4. The van der Waals surface area contributed by atoms with Crippen molar-refractivity contribution in [2.24, 2.45) is 0 Å². The topological polar surface area (TPSA) is 0 Å². The maximum atomic E-state index is 2.15. The van der Waals surface area contributed by atoms with Crippen LogP contribution in [0.4, 0.5) is 0 Å². The molecule has 0 saturated carbocycles. The fourth-order valence-electron chi connectivity index (χ4n) is 2.78. The van der Waals surface area contributed by atoms with Crippen LogP contribution in [0.5, 0.6) is 0 Å². The molecule has 1 radical (unpaired) electrons. The molecule has 0 atom stereocenters. The summed E-state index contributed by atoms with van der Waals surface area (Å²) in [6, 6.07) is 41.0. The van der Waals surface area contributed by atoms with Crippen LogP contribution in [0, 0.1) is 0 Å². The van der Waals surface area contributed by atoms with Gasteiger partial charge < -0.3 is 0 Å². The van der Waals surface area contributed by atoms with E-state index >= 15 is 0 Å². The summed E-state index contributed by atoms with van der Waals surface area (Å²) < 4.78 is 0. The average molecular weight is 443 g/mol. The maximum absolute atomic E-state index is 2.15. The van der Waals surface area contributed by atoms with Gasteiger partial charge in [-0.25, -0.2) is 0 Å². The number of benzene rings is 3. The van der Waals surface area contributed by atoms with Crippen molar-refractivity contribution in [2.75, 3.05) is 0 Å². The molecule has 0 aromatic heterocycles. The molecule has 0 saturated heterocycles. The van der Waals surface area contributed by atoms with E-state index in [0.717, 1.165) is 0 Å². The molecule has 0 aliphatic carbocycles. The van der Waals surface area contributed by atoms with E-state index in [1.165, 1.54) is 33.2 Å². The Balaban J connectivity index is 0.000000143. The Morgan fingerprint density at radius 3 is 1.41 bits per heavy atom. The number of hydrogen-bond donors (Lipinski definition) is 0. The van der Waals surface area contributed by atoms with E-state index in [4.69, 9.17) is 0 Å². The quantitative estimate of drug-likeness (QED) is 0.223. The summed E-state index contributed by atoms with van der Waals surface area (Å²) in [6.45, 7) is 0. The van der Waals surface area contributed by atoms with Crippen LogP contribution in [0.25, 0.3) is 21.5 Å². The molecule has 5 aromatic carbocycles. The van der Waals surface area contributed by atoms with Crippen LogP contribution in [0.3, 0.4) is 0 Å². The minimum Gasteiger partial charge on any atom is -0.168 e. The second-order valence-electron chi connectivity index (χ2n) is 6.04. The van der Waals surface area contributed by atoms with Gasteiger partial charge in [0.05, 0.1) is 0 Å². The van der Waals surface area contributed by atoms with Gasteiger partial charge in [0.25, 0.3) is 0 Å². The minimum absolute atomic E-state index is 0. The molecule has 0 spiro atoms. The Labute approximate surface area is 184 Å². The SMILES string of the molecule is [SiH2]Cc1ccccc1.[Zr+2].c1ccc2[cH-]ccc2c1.c1ccc2[cH-]ccc2c1. The third-order valence-electron chi connectivity index (χ3n) is 4.23. The zero-order chi connectivity index (χ0) is 18.0. The molecule has 5 rings (SSSR count). The minimum atomic E-state index is 0. The first-order chi connectivity index (χ1) is 12.9. The Morgan fingerprint density at radius 1 is 0.556 bits per heavy atom. The van der Waals surface area contributed by atoms with Crippen LogP contribution in [0.1, 0.15) is 5.56 Å². The second kappa shape index (κ2) is 11.6. The van der Waals surface area contributed by atoms with E-state index in [1.807, 2.05) is 16.3 Å². The van der Waals surface area contributed by atoms with E-state index in [9.17, 15) is 0 Å². The Kier molecular flexibility index (Phi) is 9.18. The Morgan fingerprint density at radius 2 is 1.00 bits per heavy atom. The normalized spacial score (nSPS) is 9.52. The zero-order valence-corrected chi connectivity index (χ0v) is 19.3. The van der Waals surface area contributed by atoms with Gasteiger partial charge in [-0.05, 0) is 6.04 Å². The van der Waals surface area contributed by atoms with Gasteiger partial charge in [-0.1, -0.05) is 48.0 Å². The van der Waals surface area contributed by atoms with Crippen molar-refractivity contribution in [2.45, 2.75) is 6.04 Å². The predicted octanol–water partition coefficient (Wildman–Crippen LogP) is 5.93. The molecule has 0 aliphatic rings. The van der Waals surface area contributed by atoms with Gasteiger partial charge in [0.1, 0.15) is 0 Å². The monoisotopic (exact) mass is 441 g/mol. The molecule has 0 fully saturated rings. The Bertz CT molecular complexity index is 901. The molecule has 0 aliphatic heterocycles. The number of fused-ring (bicyclic) bond motifs is 2. The van der Waals surface area contributed by atoms with Gasteiger partial charge in [0.15, 0.2) is 0 Å². The second-order valence-corrected chi connectivity index (χ2v) is 6.54. The molecule has 0 bridgehead atoms. The first-order valence-electron chi connectivity index (χ1n) is 8.91. The molecule has 5 aromatic rings. The molecule has 131 valence electrons. The summed E-state index contributed by atoms with van der Waals surface area (Å²) in [7, 11) is 1.98. The number of hydrogen-bond acceptors (Lipinski definition) is 0. The van der Waals surface area contributed by atoms with Gasteiger partial charge in [0, 0.05) is 10.2 Å². The first-order valence-corrected chi connectivity index (χ1v) is 9.91. The van der Waals surface area contributed by atoms with Crippen molar-refractivity contribution in [1.82, 2.24) is 0 Å². The largest absolute Gasteiger partial charge is 2.00 e. The van der Waals surface area contributed by atoms with Gasteiger partial charge in [0.2, 0.25) is 0 Å². The van der Waals surface area contributed by atoms with Crippen molar-refractivity contribution >= 4 is 31.8 Å². The predicted molar refractivity (Wildman–Crippen MR) is 118 cm³/mol. The third-order valence-corrected chi connectivity index (χ3v) is 4.80. The van der Waals surface area contributed by atoms with Crippen molar-refractivity contribution in [3.63, 3.8) is 0 Å². The van der Waals surface area contributed by atoms with Crippen molar-refractivity contribution in [3.8, 4) is 0 Å². The summed E-state index contributed by atoms with van der Waals surface area (Å²) >= 11 is 0. The van der Waals surface area contributed by atoms with Crippen LogP contribution >= 0.6 is 0 Å². The van der Waals surface area contributed by atoms with Crippen LogP contribution in [-0.2, 0) is 32.2 Å². The van der Waals surface area contributed by atoms with Gasteiger partial charge in [-0.3, -0.25) is 0 Å². The van der Waals surface area contributed by atoms with Crippen molar-refractivity contribution in [3.05, 3.63) is 121 Å². The van der Waals surface area contributed by atoms with Gasteiger partial charge in [-0.15, -0.1) is 59.3 Å². The smallest absolute Gasteiger partial charge is 0.168 e. The standard InChI is InChI=1S/2C9H7.C7H9Si.Zr/c2*1-2-5-9-7-3-6-8(9)4-1;8-6-7-4-2-1-3-5-7;/h2*1-7H;1-5H,6,8H2;/q2*-1;;+2. The third kappa shape index (κ3) is 6.57. The first kappa shape index (κ1) is 21.3. The van der Waals surface area contributed by atoms with Crippen LogP contribution in [0.2, 0.25) is 0 Å². The average Bonchev–Trinajstić information content (AvgIpc) is 3.38. The maximum Gasteiger partial charge on any atom is 2.00 e. The van der Waals surface area contributed by atoms with Gasteiger partial charge >= 0.3 is 26.2 Å². The fraction of sp³-hybridized carbons (Fsp3) is 0.0400. The van der Waals surface area contributed by atoms with Crippen molar-refractivity contribution < 1.29 is 26.2 Å². The van der Waals surface area contributed by atoms with E-state index in [2.05, 4.69) is 109 Å². The summed E-state index contributed by atoms with van der Waals surface area (Å²) in [5, 5.41) is 5.32. The number of rotatable bonds is 1. The van der Waals surface area contributed by atoms with E-state index in [0.29, 0.717) is 0 Å². The molecule has 0 amide bonds. The molecule has 0 heterocycles. The molecular formula is C25H23SiZr. The van der Waals surface area contributed by atoms with Crippen LogP contribution in [-0.4, -0.2) is 10.2 Å². The van der Waals surface area contributed by atoms with E-state index in [-0.39, 0.29) is 26.2 Å². The summed E-state index contributed by atoms with van der Waals surface area (Å²) in [4.78, 5) is 0. The summed E-state index contributed by atoms with van der Waals surface area (Å²) in [5.74, 6) is 0. The molecule has 27 heavy (non-hydrogen) atoms.